The molecular weight excluding hydrogens is 491 g/mol. The van der Waals surface area contributed by atoms with E-state index in [9.17, 15) is 42.9 Å². The third-order valence-electron chi connectivity index (χ3n) is 3.53. The van der Waals surface area contributed by atoms with Gasteiger partial charge in [-0.25, -0.2) is 9.11 Å². The highest BCUT2D eigenvalue weighted by atomic mass is 31.3. The van der Waals surface area contributed by atoms with Gasteiger partial charge in [-0.3, -0.25) is 22.8 Å². The van der Waals surface area contributed by atoms with Gasteiger partial charge in [-0.2, -0.15) is 4.98 Å². The predicted molar refractivity (Wildman–Crippen MR) is 88.2 cm³/mol. The van der Waals surface area contributed by atoms with Crippen LogP contribution in [0.4, 0.5) is 5.82 Å². The molecule has 2 unspecified atom stereocenters. The summed E-state index contributed by atoms with van der Waals surface area (Å²) in [6, 6.07) is 0.289. The molecule has 0 saturated carbocycles. The molecule has 0 radical (unpaired) electrons. The van der Waals surface area contributed by atoms with Crippen LogP contribution in [0, 0.1) is 0 Å². The number of rotatable bonds is 9. The Bertz CT molecular complexity index is 1020. The van der Waals surface area contributed by atoms with Crippen LogP contribution in [0.2, 0.25) is 0 Å². The SMILES string of the molecule is CC(=O)O[C@H]1[C@H](COP(=O)([O-])OP(=O)([O-])OP(=O)([O-])[O-])OC[C@@H]1n1ccc(N)nc1=O. The van der Waals surface area contributed by atoms with Crippen LogP contribution in [-0.4, -0.2) is 40.9 Å². The molecular formula is C11H14N3O14P3-4. The van der Waals surface area contributed by atoms with Crippen molar-refractivity contribution >= 4 is 35.3 Å². The molecule has 20 heteroatoms. The van der Waals surface area contributed by atoms with Crippen molar-refractivity contribution in [1.29, 1.82) is 0 Å². The molecule has 17 nitrogen and oxygen atoms in total. The summed E-state index contributed by atoms with van der Waals surface area (Å²) in [6.45, 7) is -0.243. The number of hydrogen-bond donors (Lipinski definition) is 1. The number of nitrogens with two attached hydrogens (primary N) is 1. The van der Waals surface area contributed by atoms with Gasteiger partial charge in [0, 0.05) is 13.1 Å². The molecule has 1 aliphatic rings. The quantitative estimate of drug-likeness (QED) is 0.252. The molecule has 0 spiro atoms. The Labute approximate surface area is 173 Å². The Morgan fingerprint density at radius 2 is 1.90 bits per heavy atom. The van der Waals surface area contributed by atoms with Crippen molar-refractivity contribution in [2.75, 3.05) is 18.9 Å². The Morgan fingerprint density at radius 1 is 1.26 bits per heavy atom. The number of esters is 1. The van der Waals surface area contributed by atoms with Crippen LogP contribution in [0.5, 0.6) is 0 Å². The summed E-state index contributed by atoms with van der Waals surface area (Å²) >= 11 is 0. The topological polar surface area (TPSA) is 268 Å². The van der Waals surface area contributed by atoms with E-state index in [2.05, 4.69) is 18.1 Å². The monoisotopic (exact) mass is 505 g/mol. The second-order valence-electron chi connectivity index (χ2n) is 5.86. The summed E-state index contributed by atoms with van der Waals surface area (Å²) in [5, 5.41) is 0. The number of carbonyl (C=O) groups is 1. The second kappa shape index (κ2) is 9.57. The van der Waals surface area contributed by atoms with E-state index in [1.165, 1.54) is 12.3 Å². The molecule has 0 bridgehead atoms. The number of carbonyl (C=O) groups excluding carboxylic acids is 1. The number of ether oxygens (including phenoxy) is 2. The number of nitrogen functional groups attached to an aromatic ring is 1. The molecule has 2 rings (SSSR count). The average Bonchev–Trinajstić information content (AvgIpc) is 2.91. The van der Waals surface area contributed by atoms with Gasteiger partial charge in [-0.1, -0.05) is 0 Å². The molecule has 1 fully saturated rings. The van der Waals surface area contributed by atoms with Gasteiger partial charge in [0.1, 0.15) is 18.0 Å². The minimum atomic E-state index is -6.14. The smallest absolute Gasteiger partial charge is 0.349 e. The highest BCUT2D eigenvalue weighted by molar-refractivity contribution is 7.64. The van der Waals surface area contributed by atoms with E-state index in [0.29, 0.717) is 0 Å². The average molecular weight is 505 g/mol. The highest BCUT2D eigenvalue weighted by Gasteiger charge is 2.42. The van der Waals surface area contributed by atoms with Gasteiger partial charge in [0.2, 0.25) is 0 Å². The minimum Gasteiger partial charge on any atom is -0.790 e. The third kappa shape index (κ3) is 7.86. The zero-order valence-corrected chi connectivity index (χ0v) is 18.0. The number of aromatic nitrogens is 2. The number of hydrogen-bond acceptors (Lipinski definition) is 16. The van der Waals surface area contributed by atoms with Gasteiger partial charge in [0.25, 0.3) is 15.6 Å². The molecule has 176 valence electrons. The summed E-state index contributed by atoms with van der Waals surface area (Å²) in [5.74, 6) is -0.916. The Hall–Kier alpha value is -1.48. The van der Waals surface area contributed by atoms with Crippen LogP contribution in [-0.2, 0) is 41.1 Å². The van der Waals surface area contributed by atoms with E-state index >= 15 is 0 Å². The van der Waals surface area contributed by atoms with Crippen LogP contribution in [0.1, 0.15) is 13.0 Å². The van der Waals surface area contributed by atoms with Crippen molar-refractivity contribution in [3.63, 3.8) is 0 Å². The maximum Gasteiger partial charge on any atom is 0.349 e. The minimum absolute atomic E-state index is 0.0847. The first kappa shape index (κ1) is 25.8. The van der Waals surface area contributed by atoms with Crippen molar-refractivity contribution in [3.05, 3.63) is 22.7 Å². The lowest BCUT2D eigenvalue weighted by atomic mass is 10.1. The second-order valence-corrected chi connectivity index (χ2v) is 10.1. The summed E-state index contributed by atoms with van der Waals surface area (Å²) in [7, 11) is -18.1. The molecule has 0 amide bonds. The fraction of sp³-hybridized carbons (Fsp3) is 0.545. The lowest BCUT2D eigenvalue weighted by Crippen LogP contribution is -2.39. The van der Waals surface area contributed by atoms with Gasteiger partial charge in [-0.15, -0.1) is 0 Å². The molecule has 31 heavy (non-hydrogen) atoms. The third-order valence-corrected chi connectivity index (χ3v) is 7.20. The maximum absolute atomic E-state index is 12.0. The van der Waals surface area contributed by atoms with Gasteiger partial charge in [-0.05, 0) is 6.07 Å². The first-order valence-electron chi connectivity index (χ1n) is 7.93. The molecule has 1 aromatic heterocycles. The Kier molecular flexibility index (Phi) is 7.95. The van der Waals surface area contributed by atoms with Crippen LogP contribution in [0.15, 0.2) is 17.1 Å². The Balaban J connectivity index is 2.13. The summed E-state index contributed by atoms with van der Waals surface area (Å²) in [4.78, 5) is 70.4. The fourth-order valence-corrected chi connectivity index (χ4v) is 5.38. The van der Waals surface area contributed by atoms with Crippen molar-refractivity contribution in [2.45, 2.75) is 25.2 Å². The van der Waals surface area contributed by atoms with E-state index in [1.54, 1.807) is 0 Å². The van der Waals surface area contributed by atoms with Crippen LogP contribution >= 0.6 is 23.5 Å². The molecule has 5 atom stereocenters. The highest BCUT2D eigenvalue weighted by Crippen LogP contribution is 2.60. The van der Waals surface area contributed by atoms with E-state index in [4.69, 9.17) is 15.2 Å². The molecule has 0 aromatic carbocycles. The zero-order valence-electron chi connectivity index (χ0n) is 15.3. The Morgan fingerprint density at radius 3 is 2.45 bits per heavy atom. The van der Waals surface area contributed by atoms with Crippen LogP contribution < -0.4 is 31.0 Å². The van der Waals surface area contributed by atoms with Crippen molar-refractivity contribution in [2.24, 2.45) is 0 Å². The first-order chi connectivity index (χ1) is 14.1. The van der Waals surface area contributed by atoms with Crippen LogP contribution in [0.25, 0.3) is 0 Å². The summed E-state index contributed by atoms with van der Waals surface area (Å²) in [6.07, 6.45) is -1.41. The van der Waals surface area contributed by atoms with Gasteiger partial charge < -0.3 is 43.9 Å². The zero-order chi connectivity index (χ0) is 23.6. The molecule has 2 heterocycles. The number of phosphoric acid groups is 3. The molecule has 0 aliphatic carbocycles. The van der Waals surface area contributed by atoms with E-state index in [0.717, 1.165) is 11.5 Å². The predicted octanol–water partition coefficient (Wildman–Crippen LogP) is -3.49. The van der Waals surface area contributed by atoms with E-state index in [1.807, 2.05) is 0 Å². The number of phosphoric ester groups is 1. The van der Waals surface area contributed by atoms with E-state index < -0.39 is 60.0 Å². The summed E-state index contributed by atoms with van der Waals surface area (Å²) < 4.78 is 55.3. The van der Waals surface area contributed by atoms with Crippen molar-refractivity contribution in [3.8, 4) is 0 Å². The molecule has 2 N–H and O–H groups in total. The molecule has 1 aliphatic heterocycles. The lowest BCUT2D eigenvalue weighted by molar-refractivity contribution is -0.339. The van der Waals surface area contributed by atoms with E-state index in [-0.39, 0.29) is 12.4 Å². The fourth-order valence-electron chi connectivity index (χ4n) is 2.51. The normalized spacial score (nSPS) is 25.5. The summed E-state index contributed by atoms with van der Waals surface area (Å²) in [5.41, 5.74) is 4.57. The van der Waals surface area contributed by atoms with Crippen molar-refractivity contribution in [1.82, 2.24) is 9.55 Å². The van der Waals surface area contributed by atoms with Crippen molar-refractivity contribution < 1.29 is 60.7 Å². The van der Waals surface area contributed by atoms with Crippen LogP contribution in [0.3, 0.4) is 0 Å². The first-order valence-corrected chi connectivity index (χ1v) is 12.3. The molecule has 1 saturated heterocycles. The maximum atomic E-state index is 12.0. The number of nitrogens with zero attached hydrogens (tertiary/aromatic N) is 2. The van der Waals surface area contributed by atoms with Gasteiger partial charge >= 0.3 is 11.7 Å². The van der Waals surface area contributed by atoms with Gasteiger partial charge in [0.05, 0.1) is 21.0 Å². The number of anilines is 1. The standard InChI is InChI=1S/C11H18N3O14P3/c1-6(15)26-10-7(14-3-2-9(12)13-11(14)16)4-24-8(10)5-25-30(20,21)28-31(22,23)27-29(17,18)19/h2-3,7-8,10H,4-5H2,1H3,(H,20,21)(H,22,23)(H2,12,13,16)(H2,17,18,19)/p-4/t7-,8-,10+/m0/s1. The largest absolute Gasteiger partial charge is 0.790 e. The molecule has 1 aromatic rings. The van der Waals surface area contributed by atoms with Gasteiger partial charge in [0.15, 0.2) is 6.10 Å². The lowest BCUT2D eigenvalue weighted by Gasteiger charge is -2.37.